The first kappa shape index (κ1) is 19.4. The van der Waals surface area contributed by atoms with Crippen LogP contribution in [0.5, 0.6) is 0 Å². The summed E-state index contributed by atoms with van der Waals surface area (Å²) in [7, 11) is 0. The average Bonchev–Trinajstić information content (AvgIpc) is 2.73. The van der Waals surface area contributed by atoms with Gasteiger partial charge in [0.05, 0.1) is 17.1 Å². The SMILES string of the molecule is Cc1cc(SCC(=O)N2c3ccccc3NC(=O)CC2C)nc(C(C)C)n1. The van der Waals surface area contributed by atoms with E-state index in [1.54, 1.807) is 4.90 Å². The second-order valence-corrected chi connectivity index (χ2v) is 8.03. The molecule has 1 aromatic carbocycles. The van der Waals surface area contributed by atoms with Gasteiger partial charge < -0.3 is 10.2 Å². The standard InChI is InChI=1S/C20H24N4O2S/c1-12(2)20-21-13(3)9-18(23-20)27-11-19(26)24-14(4)10-17(25)22-15-7-5-6-8-16(15)24/h5-9,12,14H,10-11H2,1-4H3,(H,22,25). The van der Waals surface area contributed by atoms with Crippen molar-refractivity contribution in [3.63, 3.8) is 0 Å². The first-order valence-electron chi connectivity index (χ1n) is 9.04. The van der Waals surface area contributed by atoms with Gasteiger partial charge in [0.25, 0.3) is 0 Å². The van der Waals surface area contributed by atoms with Crippen molar-refractivity contribution in [3.05, 3.63) is 41.9 Å². The molecule has 0 fully saturated rings. The molecule has 0 aliphatic carbocycles. The highest BCUT2D eigenvalue weighted by atomic mass is 32.2. The van der Waals surface area contributed by atoms with E-state index in [1.807, 2.05) is 58.0 Å². The lowest BCUT2D eigenvalue weighted by Gasteiger charge is -2.27. The monoisotopic (exact) mass is 384 g/mol. The summed E-state index contributed by atoms with van der Waals surface area (Å²) in [5.74, 6) is 1.15. The number of thioether (sulfide) groups is 1. The van der Waals surface area contributed by atoms with E-state index in [0.29, 0.717) is 5.69 Å². The maximum atomic E-state index is 13.0. The highest BCUT2D eigenvalue weighted by Gasteiger charge is 2.29. The van der Waals surface area contributed by atoms with E-state index < -0.39 is 0 Å². The number of hydrogen-bond donors (Lipinski definition) is 1. The van der Waals surface area contributed by atoms with Crippen LogP contribution in [0.25, 0.3) is 0 Å². The predicted molar refractivity (Wildman–Crippen MR) is 108 cm³/mol. The maximum Gasteiger partial charge on any atom is 0.237 e. The zero-order valence-corrected chi connectivity index (χ0v) is 16.8. The summed E-state index contributed by atoms with van der Waals surface area (Å²) in [6, 6.07) is 9.10. The van der Waals surface area contributed by atoms with Gasteiger partial charge in [0.1, 0.15) is 10.9 Å². The highest BCUT2D eigenvalue weighted by Crippen LogP contribution is 2.32. The molecule has 1 aliphatic rings. The zero-order chi connectivity index (χ0) is 19.6. The van der Waals surface area contributed by atoms with Crippen LogP contribution in [0.4, 0.5) is 11.4 Å². The Bertz CT molecular complexity index is 869. The number of aryl methyl sites for hydroxylation is 1. The lowest BCUT2D eigenvalue weighted by atomic mass is 10.2. The molecule has 2 heterocycles. The third-order valence-electron chi connectivity index (χ3n) is 4.34. The second kappa shape index (κ2) is 8.08. The molecule has 6 nitrogen and oxygen atoms in total. The summed E-state index contributed by atoms with van der Waals surface area (Å²) in [4.78, 5) is 35.8. The third kappa shape index (κ3) is 4.47. The summed E-state index contributed by atoms with van der Waals surface area (Å²) in [6.07, 6.45) is 0.273. The minimum atomic E-state index is -0.208. The summed E-state index contributed by atoms with van der Waals surface area (Å²) >= 11 is 1.40. The minimum Gasteiger partial charge on any atom is -0.324 e. The molecule has 0 saturated carbocycles. The molecule has 2 amide bonds. The fourth-order valence-electron chi connectivity index (χ4n) is 3.07. The first-order chi connectivity index (χ1) is 12.8. The molecule has 2 aromatic rings. The number of benzene rings is 1. The Kier molecular flexibility index (Phi) is 5.79. The third-order valence-corrected chi connectivity index (χ3v) is 5.23. The van der Waals surface area contributed by atoms with Crippen LogP contribution >= 0.6 is 11.8 Å². The van der Waals surface area contributed by atoms with Crippen molar-refractivity contribution >= 4 is 35.0 Å². The van der Waals surface area contributed by atoms with Crippen LogP contribution in [-0.4, -0.2) is 33.6 Å². The van der Waals surface area contributed by atoms with E-state index in [0.717, 1.165) is 22.2 Å². The molecule has 7 heteroatoms. The van der Waals surface area contributed by atoms with E-state index in [2.05, 4.69) is 15.3 Å². The van der Waals surface area contributed by atoms with Crippen molar-refractivity contribution in [1.29, 1.82) is 0 Å². The molecular formula is C20H24N4O2S. The minimum absolute atomic E-state index is 0.0428. The number of aromatic nitrogens is 2. The summed E-state index contributed by atoms with van der Waals surface area (Å²) < 4.78 is 0. The van der Waals surface area contributed by atoms with E-state index in [4.69, 9.17) is 0 Å². The number of para-hydroxylation sites is 2. The van der Waals surface area contributed by atoms with Crippen LogP contribution in [-0.2, 0) is 9.59 Å². The smallest absolute Gasteiger partial charge is 0.237 e. The molecule has 1 aromatic heterocycles. The van der Waals surface area contributed by atoms with Gasteiger partial charge in [0.15, 0.2) is 0 Å². The number of amides is 2. The molecule has 1 atom stereocenters. The molecule has 1 aliphatic heterocycles. The number of carbonyl (C=O) groups excluding carboxylic acids is 2. The maximum absolute atomic E-state index is 13.0. The molecule has 3 rings (SSSR count). The van der Waals surface area contributed by atoms with Gasteiger partial charge in [-0.25, -0.2) is 9.97 Å². The van der Waals surface area contributed by atoms with Crippen molar-refractivity contribution in [2.75, 3.05) is 16.0 Å². The Morgan fingerprint density at radius 3 is 2.81 bits per heavy atom. The van der Waals surface area contributed by atoms with E-state index >= 15 is 0 Å². The topological polar surface area (TPSA) is 75.2 Å². The Hall–Kier alpha value is -2.41. The number of anilines is 2. The Labute approximate surface area is 163 Å². The van der Waals surface area contributed by atoms with Crippen molar-refractivity contribution < 1.29 is 9.59 Å². The van der Waals surface area contributed by atoms with Crippen molar-refractivity contribution in [2.24, 2.45) is 0 Å². The quantitative estimate of drug-likeness (QED) is 0.642. The van der Waals surface area contributed by atoms with Gasteiger partial charge in [-0.3, -0.25) is 9.59 Å². The fourth-order valence-corrected chi connectivity index (χ4v) is 3.89. The van der Waals surface area contributed by atoms with Gasteiger partial charge in [-0.1, -0.05) is 37.7 Å². The van der Waals surface area contributed by atoms with E-state index in [-0.39, 0.29) is 35.9 Å². The number of hydrogen-bond acceptors (Lipinski definition) is 5. The Morgan fingerprint density at radius 2 is 2.07 bits per heavy atom. The molecule has 0 bridgehead atoms. The molecule has 1 unspecified atom stereocenters. The first-order valence-corrected chi connectivity index (χ1v) is 10.0. The average molecular weight is 385 g/mol. The van der Waals surface area contributed by atoms with E-state index in [1.165, 1.54) is 11.8 Å². The van der Waals surface area contributed by atoms with Crippen LogP contribution in [0.15, 0.2) is 35.4 Å². The van der Waals surface area contributed by atoms with Crippen molar-refractivity contribution in [2.45, 2.75) is 51.1 Å². The fraction of sp³-hybridized carbons (Fsp3) is 0.400. The van der Waals surface area contributed by atoms with Gasteiger partial charge in [0.2, 0.25) is 11.8 Å². The van der Waals surface area contributed by atoms with E-state index in [9.17, 15) is 9.59 Å². The number of nitrogens with one attached hydrogen (secondary N) is 1. The van der Waals surface area contributed by atoms with Crippen LogP contribution in [0, 0.1) is 6.92 Å². The van der Waals surface area contributed by atoms with Gasteiger partial charge in [0, 0.05) is 24.1 Å². The van der Waals surface area contributed by atoms with Gasteiger partial charge in [-0.15, -0.1) is 0 Å². The Balaban J connectivity index is 1.81. The lowest BCUT2D eigenvalue weighted by molar-refractivity contribution is -0.117. The largest absolute Gasteiger partial charge is 0.324 e. The van der Waals surface area contributed by atoms with Crippen LogP contribution in [0.1, 0.15) is 44.6 Å². The Morgan fingerprint density at radius 1 is 1.33 bits per heavy atom. The normalized spacial score (nSPS) is 16.7. The lowest BCUT2D eigenvalue weighted by Crippen LogP contribution is -2.40. The molecule has 0 radical (unpaired) electrons. The summed E-state index contributed by atoms with van der Waals surface area (Å²) in [5.41, 5.74) is 2.31. The highest BCUT2D eigenvalue weighted by molar-refractivity contribution is 7.99. The number of nitrogens with zero attached hydrogens (tertiary/aromatic N) is 3. The van der Waals surface area contributed by atoms with Crippen LogP contribution in [0.3, 0.4) is 0 Å². The van der Waals surface area contributed by atoms with Crippen molar-refractivity contribution in [3.8, 4) is 0 Å². The molecular weight excluding hydrogens is 360 g/mol. The van der Waals surface area contributed by atoms with Gasteiger partial charge in [-0.05, 0) is 32.0 Å². The van der Waals surface area contributed by atoms with Gasteiger partial charge in [-0.2, -0.15) is 0 Å². The second-order valence-electron chi connectivity index (χ2n) is 7.03. The number of fused-ring (bicyclic) bond motifs is 1. The predicted octanol–water partition coefficient (Wildman–Crippen LogP) is 3.76. The number of rotatable bonds is 4. The molecule has 0 saturated heterocycles. The molecule has 27 heavy (non-hydrogen) atoms. The van der Waals surface area contributed by atoms with Gasteiger partial charge >= 0.3 is 0 Å². The van der Waals surface area contributed by atoms with Crippen LogP contribution in [0.2, 0.25) is 0 Å². The summed E-state index contributed by atoms with van der Waals surface area (Å²) in [5, 5.41) is 3.67. The number of carbonyl (C=O) groups is 2. The molecule has 142 valence electrons. The summed E-state index contributed by atoms with van der Waals surface area (Å²) in [6.45, 7) is 7.93. The van der Waals surface area contributed by atoms with Crippen molar-refractivity contribution in [1.82, 2.24) is 9.97 Å². The molecule has 1 N–H and O–H groups in total. The van der Waals surface area contributed by atoms with Crippen LogP contribution < -0.4 is 10.2 Å². The zero-order valence-electron chi connectivity index (χ0n) is 16.0. The molecule has 0 spiro atoms.